The summed E-state index contributed by atoms with van der Waals surface area (Å²) >= 11 is 0. The van der Waals surface area contributed by atoms with Gasteiger partial charge in [0.15, 0.2) is 0 Å². The molecule has 0 radical (unpaired) electrons. The van der Waals surface area contributed by atoms with Gasteiger partial charge in [-0.25, -0.2) is 0 Å². The zero-order valence-electron chi connectivity index (χ0n) is 25.3. The van der Waals surface area contributed by atoms with Crippen molar-refractivity contribution in [3.63, 3.8) is 0 Å². The average Bonchev–Trinajstić information content (AvgIpc) is 3.00. The summed E-state index contributed by atoms with van der Waals surface area (Å²) in [5.41, 5.74) is 3.49. The third kappa shape index (κ3) is 5.83. The zero-order chi connectivity index (χ0) is 29.1. The number of carbonyl (C=O) groups excluding carboxylic acids is 1. The van der Waals surface area contributed by atoms with Gasteiger partial charge in [0.1, 0.15) is 11.6 Å². The molecule has 1 aromatic carbocycles. The average molecular weight is 560 g/mol. The summed E-state index contributed by atoms with van der Waals surface area (Å²) in [6.45, 7) is 15.7. The topological polar surface area (TPSA) is 77.1 Å². The van der Waals surface area contributed by atoms with Crippen molar-refractivity contribution in [3.8, 4) is 0 Å². The molecule has 1 N–H and O–H groups in total. The number of fused-ring (bicyclic) bond motifs is 1. The Morgan fingerprint density at radius 3 is 2.37 bits per heavy atom. The number of nitrogens with zero attached hydrogens (tertiary/aromatic N) is 6. The Hall–Kier alpha value is -3.43. The van der Waals surface area contributed by atoms with Gasteiger partial charge < -0.3 is 24.8 Å². The van der Waals surface area contributed by atoms with Gasteiger partial charge in [0.2, 0.25) is 11.9 Å². The van der Waals surface area contributed by atoms with E-state index in [9.17, 15) is 4.79 Å². The molecule has 1 atom stereocenters. The molecule has 1 aromatic heterocycles. The largest absolute Gasteiger partial charge is 0.381 e. The molecule has 2 saturated heterocycles. The standard InChI is InChI=1S/C32H45N7O2/c1-7-28(40)37-17-19-38(20-18-37)32(14-21-41-22-15-32)26-12-10-25(11-13-26)24(4)33-31-34-29(36(5)6)27-9-8-16-39(23(2)3)30(27)35-31/h7-13,23-24H,1,14-22H2,2-6H3,(H,33,34,35)/t24-/m0/s1. The van der Waals surface area contributed by atoms with E-state index in [4.69, 9.17) is 14.7 Å². The maximum absolute atomic E-state index is 12.1. The predicted octanol–water partition coefficient (Wildman–Crippen LogP) is 4.29. The van der Waals surface area contributed by atoms with Gasteiger partial charge in [-0.05, 0) is 56.9 Å². The number of amides is 1. The highest BCUT2D eigenvalue weighted by atomic mass is 16.5. The molecule has 3 aliphatic heterocycles. The van der Waals surface area contributed by atoms with E-state index in [1.54, 1.807) is 0 Å². The Morgan fingerprint density at radius 1 is 1.07 bits per heavy atom. The van der Waals surface area contributed by atoms with Crippen LogP contribution in [0.5, 0.6) is 0 Å². The van der Waals surface area contributed by atoms with Crippen molar-refractivity contribution in [2.45, 2.75) is 51.2 Å². The van der Waals surface area contributed by atoms with Crippen LogP contribution in [0, 0.1) is 0 Å². The summed E-state index contributed by atoms with van der Waals surface area (Å²) in [6.07, 6.45) is 7.64. The van der Waals surface area contributed by atoms with Gasteiger partial charge in [0.05, 0.1) is 17.1 Å². The summed E-state index contributed by atoms with van der Waals surface area (Å²) in [5, 5.41) is 3.58. The Balaban J connectivity index is 1.36. The predicted molar refractivity (Wildman–Crippen MR) is 166 cm³/mol. The van der Waals surface area contributed by atoms with E-state index in [0.717, 1.165) is 76.0 Å². The van der Waals surface area contributed by atoms with Gasteiger partial charge in [-0.1, -0.05) is 36.9 Å². The molecule has 0 saturated carbocycles. The van der Waals surface area contributed by atoms with Crippen LogP contribution in [0.2, 0.25) is 0 Å². The van der Waals surface area contributed by atoms with Crippen LogP contribution >= 0.6 is 0 Å². The fourth-order valence-corrected chi connectivity index (χ4v) is 6.39. The van der Waals surface area contributed by atoms with Crippen molar-refractivity contribution in [2.75, 3.05) is 75.1 Å². The molecular weight excluding hydrogens is 514 g/mol. The van der Waals surface area contributed by atoms with Crippen molar-refractivity contribution >= 4 is 29.6 Å². The number of anilines is 3. The van der Waals surface area contributed by atoms with E-state index in [0.29, 0.717) is 12.0 Å². The Kier molecular flexibility index (Phi) is 8.66. The molecule has 41 heavy (non-hydrogen) atoms. The highest BCUT2D eigenvalue weighted by Crippen LogP contribution is 2.40. The first-order valence-corrected chi connectivity index (χ1v) is 14.9. The molecule has 2 fully saturated rings. The number of nitrogens with one attached hydrogen (secondary N) is 1. The maximum atomic E-state index is 12.1. The van der Waals surface area contributed by atoms with E-state index >= 15 is 0 Å². The number of ether oxygens (including phenoxy) is 1. The quantitative estimate of drug-likeness (QED) is 0.480. The monoisotopic (exact) mass is 559 g/mol. The lowest BCUT2D eigenvalue weighted by molar-refractivity contribution is -0.130. The molecule has 0 bridgehead atoms. The van der Waals surface area contributed by atoms with Crippen LogP contribution in [-0.4, -0.2) is 91.7 Å². The number of aromatic nitrogens is 2. The van der Waals surface area contributed by atoms with E-state index < -0.39 is 0 Å². The summed E-state index contributed by atoms with van der Waals surface area (Å²) in [7, 11) is 4.06. The molecule has 9 heteroatoms. The molecule has 0 spiro atoms. The van der Waals surface area contributed by atoms with Crippen LogP contribution in [0.25, 0.3) is 6.08 Å². The molecule has 0 aliphatic carbocycles. The van der Waals surface area contributed by atoms with Gasteiger partial charge in [-0.15, -0.1) is 0 Å². The highest BCUT2D eigenvalue weighted by Gasteiger charge is 2.41. The first-order valence-electron chi connectivity index (χ1n) is 14.9. The first kappa shape index (κ1) is 29.1. The number of benzene rings is 1. The Morgan fingerprint density at radius 2 is 1.76 bits per heavy atom. The minimum Gasteiger partial charge on any atom is -0.381 e. The van der Waals surface area contributed by atoms with Gasteiger partial charge in [-0.2, -0.15) is 9.97 Å². The highest BCUT2D eigenvalue weighted by molar-refractivity contribution is 5.87. The molecule has 0 unspecified atom stereocenters. The van der Waals surface area contributed by atoms with Gasteiger partial charge in [0, 0.05) is 66.1 Å². The van der Waals surface area contributed by atoms with Crippen molar-refractivity contribution in [1.29, 1.82) is 0 Å². The minimum atomic E-state index is -0.0766. The SMILES string of the molecule is C=CC(=O)N1CCN(C2(c3ccc([C@H](C)Nc4nc(N(C)C)c5c(n4)N(C(C)C)CC=C5)cc3)CCOCC2)CC1. The van der Waals surface area contributed by atoms with Gasteiger partial charge in [0.25, 0.3) is 0 Å². The Bertz CT molecular complexity index is 1260. The first-order chi connectivity index (χ1) is 19.7. The molecule has 9 nitrogen and oxygen atoms in total. The van der Waals surface area contributed by atoms with Crippen LogP contribution in [0.1, 0.15) is 56.3 Å². The molecule has 220 valence electrons. The van der Waals surface area contributed by atoms with E-state index in [1.807, 2.05) is 19.0 Å². The number of hydrogen-bond acceptors (Lipinski definition) is 8. The van der Waals surface area contributed by atoms with Crippen LogP contribution in [0.15, 0.2) is 43.0 Å². The summed E-state index contributed by atoms with van der Waals surface area (Å²) in [5.74, 6) is 2.55. The second-order valence-corrected chi connectivity index (χ2v) is 11.8. The van der Waals surface area contributed by atoms with E-state index in [2.05, 4.69) is 83.8 Å². The van der Waals surface area contributed by atoms with Crippen LogP contribution in [0.3, 0.4) is 0 Å². The second kappa shape index (κ2) is 12.2. The van der Waals surface area contributed by atoms with Gasteiger partial charge in [-0.3, -0.25) is 9.69 Å². The van der Waals surface area contributed by atoms with Crippen molar-refractivity contribution in [3.05, 3.63) is 59.7 Å². The molecule has 5 rings (SSSR count). The van der Waals surface area contributed by atoms with Crippen molar-refractivity contribution in [2.24, 2.45) is 0 Å². The molecule has 4 heterocycles. The minimum absolute atomic E-state index is 0.0190. The van der Waals surface area contributed by atoms with Crippen LogP contribution in [0.4, 0.5) is 17.6 Å². The van der Waals surface area contributed by atoms with Crippen LogP contribution in [-0.2, 0) is 15.1 Å². The van der Waals surface area contributed by atoms with E-state index in [1.165, 1.54) is 17.2 Å². The number of hydrogen-bond donors (Lipinski definition) is 1. The summed E-state index contributed by atoms with van der Waals surface area (Å²) < 4.78 is 5.79. The summed E-state index contributed by atoms with van der Waals surface area (Å²) in [6, 6.07) is 9.40. The van der Waals surface area contributed by atoms with E-state index in [-0.39, 0.29) is 17.5 Å². The summed E-state index contributed by atoms with van der Waals surface area (Å²) in [4.78, 5) is 30.9. The fourth-order valence-electron chi connectivity index (χ4n) is 6.39. The molecular formula is C32H45N7O2. The lowest BCUT2D eigenvalue weighted by Crippen LogP contribution is -2.58. The van der Waals surface area contributed by atoms with Gasteiger partial charge >= 0.3 is 0 Å². The molecule has 3 aliphatic rings. The molecule has 2 aromatic rings. The Labute approximate surface area is 244 Å². The number of carbonyl (C=O) groups is 1. The maximum Gasteiger partial charge on any atom is 0.246 e. The third-order valence-corrected chi connectivity index (χ3v) is 8.80. The number of piperazine rings is 1. The number of rotatable bonds is 8. The van der Waals surface area contributed by atoms with Crippen molar-refractivity contribution in [1.82, 2.24) is 19.8 Å². The lowest BCUT2D eigenvalue weighted by atomic mass is 9.80. The normalized spacial score (nSPS) is 19.6. The smallest absolute Gasteiger partial charge is 0.246 e. The van der Waals surface area contributed by atoms with Crippen molar-refractivity contribution < 1.29 is 9.53 Å². The zero-order valence-corrected chi connectivity index (χ0v) is 25.3. The third-order valence-electron chi connectivity index (χ3n) is 8.80. The van der Waals surface area contributed by atoms with Crippen LogP contribution < -0.4 is 15.1 Å². The molecule has 1 amide bonds. The second-order valence-electron chi connectivity index (χ2n) is 11.8. The lowest BCUT2D eigenvalue weighted by Gasteiger charge is -2.50. The fraction of sp³-hybridized carbons (Fsp3) is 0.531.